The number of nitrogens with zero attached hydrogens (tertiary/aromatic N) is 3. The SMILES string of the molecule is CCN(C)C[C@H]1[C@@H](O)[C@@]2(O)c3c(OC)cncc3O[C@@]2(c2ccc(C#N)cc2)[C@@H]1c1ccccc1. The van der Waals surface area contributed by atoms with Crippen molar-refractivity contribution in [2.24, 2.45) is 5.92 Å². The number of pyridine rings is 1. The van der Waals surface area contributed by atoms with E-state index in [9.17, 15) is 15.5 Å². The molecule has 2 heterocycles. The number of methoxy groups -OCH3 is 1. The molecule has 3 aromatic rings. The van der Waals surface area contributed by atoms with Gasteiger partial charge in [0.25, 0.3) is 0 Å². The summed E-state index contributed by atoms with van der Waals surface area (Å²) < 4.78 is 12.4. The molecule has 35 heavy (non-hydrogen) atoms. The Morgan fingerprint density at radius 3 is 2.49 bits per heavy atom. The van der Waals surface area contributed by atoms with Crippen LogP contribution in [0.1, 0.15) is 35.1 Å². The highest BCUT2D eigenvalue weighted by Gasteiger charge is 2.76. The van der Waals surface area contributed by atoms with Crippen LogP contribution in [-0.2, 0) is 11.2 Å². The van der Waals surface area contributed by atoms with Gasteiger partial charge in [0, 0.05) is 18.4 Å². The number of aliphatic hydroxyl groups excluding tert-OH is 1. The van der Waals surface area contributed by atoms with Crippen LogP contribution in [0.2, 0.25) is 0 Å². The van der Waals surface area contributed by atoms with Crippen LogP contribution in [0.3, 0.4) is 0 Å². The summed E-state index contributed by atoms with van der Waals surface area (Å²) in [5.41, 5.74) is -0.688. The van der Waals surface area contributed by atoms with Crippen molar-refractivity contribution in [2.45, 2.75) is 30.1 Å². The largest absolute Gasteiger partial charge is 0.495 e. The Morgan fingerprint density at radius 2 is 1.86 bits per heavy atom. The highest BCUT2D eigenvalue weighted by atomic mass is 16.5. The quantitative estimate of drug-likeness (QED) is 0.570. The van der Waals surface area contributed by atoms with E-state index < -0.39 is 23.2 Å². The van der Waals surface area contributed by atoms with Gasteiger partial charge in [0.15, 0.2) is 11.2 Å². The summed E-state index contributed by atoms with van der Waals surface area (Å²) in [5.74, 6) is -0.0499. The number of aromatic nitrogens is 1. The third kappa shape index (κ3) is 3.18. The minimum atomic E-state index is -1.83. The van der Waals surface area contributed by atoms with E-state index in [4.69, 9.17) is 9.47 Å². The number of fused-ring (bicyclic) bond motifs is 3. The topological polar surface area (TPSA) is 98.8 Å². The number of benzene rings is 2. The first-order chi connectivity index (χ1) is 16.9. The molecule has 1 aromatic heterocycles. The molecule has 5 rings (SSSR count). The molecule has 0 spiro atoms. The molecule has 5 atom stereocenters. The van der Waals surface area contributed by atoms with Gasteiger partial charge in [-0.3, -0.25) is 4.98 Å². The second kappa shape index (κ2) is 8.65. The van der Waals surface area contributed by atoms with Gasteiger partial charge < -0.3 is 24.6 Å². The Kier molecular flexibility index (Phi) is 5.76. The van der Waals surface area contributed by atoms with Gasteiger partial charge >= 0.3 is 0 Å². The monoisotopic (exact) mass is 471 g/mol. The first-order valence-electron chi connectivity index (χ1n) is 11.8. The maximum Gasteiger partial charge on any atom is 0.177 e. The fourth-order valence-corrected chi connectivity index (χ4v) is 6.02. The number of aliphatic hydroxyl groups is 2. The predicted octanol–water partition coefficient (Wildman–Crippen LogP) is 3.16. The summed E-state index contributed by atoms with van der Waals surface area (Å²) in [6.45, 7) is 3.40. The zero-order chi connectivity index (χ0) is 24.8. The van der Waals surface area contributed by atoms with E-state index in [-0.39, 0.29) is 5.92 Å². The Labute approximate surface area is 205 Å². The van der Waals surface area contributed by atoms with Gasteiger partial charge in [-0.15, -0.1) is 0 Å². The van der Waals surface area contributed by atoms with Crippen molar-refractivity contribution in [1.29, 1.82) is 5.26 Å². The van der Waals surface area contributed by atoms with Gasteiger partial charge in [0.2, 0.25) is 0 Å². The van der Waals surface area contributed by atoms with Crippen LogP contribution in [0, 0.1) is 17.2 Å². The lowest BCUT2D eigenvalue weighted by molar-refractivity contribution is -0.152. The zero-order valence-electron chi connectivity index (χ0n) is 20.0. The second-order valence-corrected chi connectivity index (χ2v) is 9.36. The summed E-state index contributed by atoms with van der Waals surface area (Å²) in [6.07, 6.45) is 1.92. The molecule has 1 fully saturated rings. The Balaban J connectivity index is 1.84. The lowest BCUT2D eigenvalue weighted by atomic mass is 9.70. The van der Waals surface area contributed by atoms with Crippen LogP contribution < -0.4 is 9.47 Å². The minimum Gasteiger partial charge on any atom is -0.495 e. The first-order valence-corrected chi connectivity index (χ1v) is 11.8. The molecule has 1 aliphatic carbocycles. The molecule has 1 aliphatic heterocycles. The predicted molar refractivity (Wildman–Crippen MR) is 130 cm³/mol. The first kappa shape index (κ1) is 23.3. The highest BCUT2D eigenvalue weighted by Crippen LogP contribution is 2.69. The fraction of sp³-hybridized carbons (Fsp3) is 0.357. The Morgan fingerprint density at radius 1 is 1.14 bits per heavy atom. The summed E-state index contributed by atoms with van der Waals surface area (Å²) >= 11 is 0. The molecule has 2 aliphatic rings. The highest BCUT2D eigenvalue weighted by molar-refractivity contribution is 5.59. The van der Waals surface area contributed by atoms with Crippen LogP contribution in [0.5, 0.6) is 11.5 Å². The van der Waals surface area contributed by atoms with Crippen molar-refractivity contribution >= 4 is 0 Å². The fourth-order valence-electron chi connectivity index (χ4n) is 6.02. The second-order valence-electron chi connectivity index (χ2n) is 9.36. The van der Waals surface area contributed by atoms with Crippen molar-refractivity contribution in [3.63, 3.8) is 0 Å². The normalized spacial score (nSPS) is 28.8. The van der Waals surface area contributed by atoms with E-state index in [0.29, 0.717) is 34.7 Å². The molecule has 2 aromatic carbocycles. The summed E-state index contributed by atoms with van der Waals surface area (Å²) in [6, 6.07) is 19.1. The van der Waals surface area contributed by atoms with Gasteiger partial charge in [-0.05, 0) is 36.9 Å². The molecule has 180 valence electrons. The van der Waals surface area contributed by atoms with Crippen molar-refractivity contribution in [3.05, 3.63) is 89.2 Å². The molecule has 0 radical (unpaired) electrons. The van der Waals surface area contributed by atoms with Crippen molar-refractivity contribution < 1.29 is 19.7 Å². The van der Waals surface area contributed by atoms with Crippen LogP contribution in [-0.4, -0.2) is 53.4 Å². The average molecular weight is 472 g/mol. The number of ether oxygens (including phenoxy) is 2. The summed E-state index contributed by atoms with van der Waals surface area (Å²) in [4.78, 5) is 6.38. The van der Waals surface area contributed by atoms with E-state index in [1.807, 2.05) is 49.5 Å². The van der Waals surface area contributed by atoms with Gasteiger partial charge in [0.05, 0.1) is 42.8 Å². The molecule has 2 N–H and O–H groups in total. The third-order valence-corrected chi connectivity index (χ3v) is 7.68. The molecular weight excluding hydrogens is 442 g/mol. The standard InChI is InChI=1S/C28H29N3O4/c1-4-31(2)17-21-24(19-8-6-5-7-9-19)28(20-12-10-18(14-29)11-13-20)27(33,26(21)32)25-22(34-3)15-30-16-23(25)35-28/h5-13,15-16,21,24,26,32-33H,4,17H2,1-3H3/t21-,24-,26-,27+,28+/m1/s1. The lowest BCUT2D eigenvalue weighted by Crippen LogP contribution is -2.52. The molecule has 7 heteroatoms. The zero-order valence-corrected chi connectivity index (χ0v) is 20.0. The number of rotatable bonds is 6. The van der Waals surface area contributed by atoms with Crippen LogP contribution >= 0.6 is 0 Å². The molecule has 0 unspecified atom stereocenters. The van der Waals surface area contributed by atoms with Gasteiger partial charge in [-0.1, -0.05) is 49.4 Å². The molecule has 0 saturated heterocycles. The molecule has 0 amide bonds. The van der Waals surface area contributed by atoms with Gasteiger partial charge in [-0.2, -0.15) is 5.26 Å². The maximum absolute atomic E-state index is 12.7. The Hall–Kier alpha value is -3.44. The van der Waals surface area contributed by atoms with Crippen LogP contribution in [0.25, 0.3) is 0 Å². The van der Waals surface area contributed by atoms with E-state index in [1.165, 1.54) is 13.3 Å². The summed E-state index contributed by atoms with van der Waals surface area (Å²) in [7, 11) is 3.52. The van der Waals surface area contributed by atoms with Crippen LogP contribution in [0.15, 0.2) is 67.0 Å². The number of nitriles is 1. The van der Waals surface area contributed by atoms with E-state index in [2.05, 4.69) is 22.9 Å². The minimum absolute atomic E-state index is 0.357. The molecular formula is C28H29N3O4. The van der Waals surface area contributed by atoms with Crippen LogP contribution in [0.4, 0.5) is 0 Å². The van der Waals surface area contributed by atoms with Crippen molar-refractivity contribution in [2.75, 3.05) is 27.2 Å². The Bertz CT molecular complexity index is 1260. The lowest BCUT2D eigenvalue weighted by Gasteiger charge is -2.41. The van der Waals surface area contributed by atoms with E-state index >= 15 is 0 Å². The third-order valence-electron chi connectivity index (χ3n) is 7.68. The van der Waals surface area contributed by atoms with Gasteiger partial charge in [0.1, 0.15) is 11.5 Å². The maximum atomic E-state index is 12.7. The summed E-state index contributed by atoms with van der Waals surface area (Å²) in [5, 5.41) is 34.1. The van der Waals surface area contributed by atoms with Crippen molar-refractivity contribution in [1.82, 2.24) is 9.88 Å². The molecule has 7 nitrogen and oxygen atoms in total. The van der Waals surface area contributed by atoms with E-state index in [1.54, 1.807) is 18.3 Å². The number of hydrogen-bond donors (Lipinski definition) is 2. The van der Waals surface area contributed by atoms with Gasteiger partial charge in [-0.25, -0.2) is 0 Å². The molecule has 1 saturated carbocycles. The molecule has 0 bridgehead atoms. The average Bonchev–Trinajstić information content (AvgIpc) is 3.27. The van der Waals surface area contributed by atoms with Crippen molar-refractivity contribution in [3.8, 4) is 17.6 Å². The number of hydrogen-bond acceptors (Lipinski definition) is 7. The van der Waals surface area contributed by atoms with E-state index in [0.717, 1.165) is 12.1 Å². The smallest absolute Gasteiger partial charge is 0.177 e.